The Morgan fingerprint density at radius 1 is 1.03 bits per heavy atom. The number of amides is 3. The Bertz CT molecular complexity index is 981. The largest absolute Gasteiger partial charge is 0.484 e. The zero-order chi connectivity index (χ0) is 25.1. The van der Waals surface area contributed by atoms with Gasteiger partial charge in [0.15, 0.2) is 6.61 Å². The van der Waals surface area contributed by atoms with E-state index in [0.717, 1.165) is 12.1 Å². The second kappa shape index (κ2) is 12.6. The third kappa shape index (κ3) is 8.74. The number of rotatable bonds is 11. The number of anilines is 1. The Kier molecular flexibility index (Phi) is 9.87. The predicted molar refractivity (Wildman–Crippen MR) is 118 cm³/mol. The molecule has 0 unspecified atom stereocenters. The van der Waals surface area contributed by atoms with Gasteiger partial charge in [-0.1, -0.05) is 6.07 Å². The lowest BCUT2D eigenvalue weighted by Crippen LogP contribution is -2.38. The number of carbonyl (C=O) groups is 3. The normalized spacial score (nSPS) is 11.0. The van der Waals surface area contributed by atoms with E-state index in [1.165, 1.54) is 48.3 Å². The third-order valence-corrected chi connectivity index (χ3v) is 4.52. The Labute approximate surface area is 195 Å². The van der Waals surface area contributed by atoms with Gasteiger partial charge >= 0.3 is 6.18 Å². The summed E-state index contributed by atoms with van der Waals surface area (Å²) in [5, 5.41) is 5.03. The fourth-order valence-corrected chi connectivity index (χ4v) is 2.82. The van der Waals surface area contributed by atoms with Gasteiger partial charge in [0, 0.05) is 38.6 Å². The van der Waals surface area contributed by atoms with Gasteiger partial charge in [-0.15, -0.1) is 0 Å². The molecular weight excluding hydrogens is 455 g/mol. The van der Waals surface area contributed by atoms with E-state index >= 15 is 0 Å². The van der Waals surface area contributed by atoms with Gasteiger partial charge in [-0.25, -0.2) is 0 Å². The molecular formula is C23H26F3N3O5. The molecule has 0 aromatic heterocycles. The zero-order valence-corrected chi connectivity index (χ0v) is 18.8. The highest BCUT2D eigenvalue weighted by Crippen LogP contribution is 2.30. The molecule has 0 radical (unpaired) electrons. The van der Waals surface area contributed by atoms with Crippen LogP contribution in [0.25, 0.3) is 0 Å². The van der Waals surface area contributed by atoms with Gasteiger partial charge in [0.25, 0.3) is 11.8 Å². The quantitative estimate of drug-likeness (QED) is 0.481. The van der Waals surface area contributed by atoms with Gasteiger partial charge in [0.05, 0.1) is 12.1 Å². The molecule has 0 aliphatic carbocycles. The summed E-state index contributed by atoms with van der Waals surface area (Å²) < 4.78 is 48.5. The summed E-state index contributed by atoms with van der Waals surface area (Å²) in [5.41, 5.74) is -0.564. The number of halogens is 3. The Balaban J connectivity index is 1.82. The van der Waals surface area contributed by atoms with Crippen molar-refractivity contribution in [3.8, 4) is 5.75 Å². The summed E-state index contributed by atoms with van der Waals surface area (Å²) in [6.45, 7) is 0.422. The maximum atomic E-state index is 12.8. The molecule has 0 fully saturated rings. The van der Waals surface area contributed by atoms with Gasteiger partial charge in [-0.3, -0.25) is 14.4 Å². The number of hydrogen-bond donors (Lipinski definition) is 2. The smallest absolute Gasteiger partial charge is 0.416 e. The number of ether oxygens (including phenoxy) is 2. The van der Waals surface area contributed by atoms with Crippen LogP contribution in [-0.4, -0.2) is 63.1 Å². The van der Waals surface area contributed by atoms with Crippen molar-refractivity contribution < 1.29 is 37.0 Å². The zero-order valence-electron chi connectivity index (χ0n) is 18.8. The summed E-state index contributed by atoms with van der Waals surface area (Å²) in [7, 11) is 3.07. The molecule has 184 valence electrons. The number of likely N-dealkylation sites (N-methyl/N-ethyl adjacent to an activating group) is 1. The minimum Gasteiger partial charge on any atom is -0.484 e. The average Bonchev–Trinajstić information content (AvgIpc) is 2.80. The minimum absolute atomic E-state index is 0.00450. The van der Waals surface area contributed by atoms with Crippen LogP contribution in [0, 0.1) is 0 Å². The summed E-state index contributed by atoms with van der Waals surface area (Å²) in [5.74, 6) is -1.02. The first-order valence-electron chi connectivity index (χ1n) is 10.3. The second-order valence-corrected chi connectivity index (χ2v) is 7.30. The molecule has 2 aromatic carbocycles. The highest BCUT2D eigenvalue weighted by atomic mass is 19.4. The Morgan fingerprint density at radius 2 is 1.74 bits per heavy atom. The summed E-state index contributed by atoms with van der Waals surface area (Å²) >= 11 is 0. The first kappa shape index (κ1) is 26.7. The van der Waals surface area contributed by atoms with Crippen LogP contribution in [0.15, 0.2) is 48.5 Å². The standard InChI is InChI=1S/C23H26F3N3O5/c1-29(14-20(30)27-11-4-12-33-2)22(32)16-7-9-19(10-8-16)34-15-21(31)28-18-6-3-5-17(13-18)23(24,25)26/h3,5-10,13H,4,11-12,14-15H2,1-2H3,(H,27,30)(H,28,31). The summed E-state index contributed by atoms with van der Waals surface area (Å²) in [4.78, 5) is 37.6. The lowest BCUT2D eigenvalue weighted by atomic mass is 10.2. The van der Waals surface area contributed by atoms with Crippen molar-refractivity contribution in [1.82, 2.24) is 10.2 Å². The van der Waals surface area contributed by atoms with E-state index in [2.05, 4.69) is 10.6 Å². The molecule has 34 heavy (non-hydrogen) atoms. The van der Waals surface area contributed by atoms with E-state index in [1.54, 1.807) is 7.11 Å². The van der Waals surface area contributed by atoms with Crippen molar-refractivity contribution in [2.45, 2.75) is 12.6 Å². The predicted octanol–water partition coefficient (Wildman–Crippen LogP) is 2.95. The summed E-state index contributed by atoms with van der Waals surface area (Å²) in [6.07, 6.45) is -3.85. The first-order valence-corrected chi connectivity index (χ1v) is 10.3. The van der Waals surface area contributed by atoms with E-state index in [1.807, 2.05) is 0 Å². The molecule has 0 bridgehead atoms. The van der Waals surface area contributed by atoms with Crippen molar-refractivity contribution in [2.24, 2.45) is 0 Å². The van der Waals surface area contributed by atoms with Crippen LogP contribution in [0.4, 0.5) is 18.9 Å². The molecule has 8 nitrogen and oxygen atoms in total. The molecule has 0 spiro atoms. The van der Waals surface area contributed by atoms with Crippen LogP contribution in [0.1, 0.15) is 22.3 Å². The maximum Gasteiger partial charge on any atom is 0.416 e. The number of methoxy groups -OCH3 is 1. The van der Waals surface area contributed by atoms with Gasteiger partial charge < -0.3 is 25.0 Å². The number of alkyl halides is 3. The van der Waals surface area contributed by atoms with E-state index in [9.17, 15) is 27.6 Å². The molecule has 2 N–H and O–H groups in total. The average molecular weight is 481 g/mol. The minimum atomic E-state index is -4.52. The first-order chi connectivity index (χ1) is 16.1. The molecule has 0 aliphatic rings. The van der Waals surface area contributed by atoms with Crippen LogP contribution in [-0.2, 0) is 20.5 Å². The topological polar surface area (TPSA) is 97.0 Å². The van der Waals surface area contributed by atoms with Crippen LogP contribution < -0.4 is 15.4 Å². The van der Waals surface area contributed by atoms with Crippen molar-refractivity contribution in [3.05, 3.63) is 59.7 Å². The van der Waals surface area contributed by atoms with E-state index in [-0.39, 0.29) is 29.8 Å². The molecule has 0 aliphatic heterocycles. The molecule has 3 amide bonds. The Hall–Kier alpha value is -3.60. The molecule has 0 saturated carbocycles. The molecule has 11 heteroatoms. The van der Waals surface area contributed by atoms with E-state index in [0.29, 0.717) is 25.1 Å². The van der Waals surface area contributed by atoms with Crippen LogP contribution in [0.3, 0.4) is 0 Å². The van der Waals surface area contributed by atoms with E-state index in [4.69, 9.17) is 9.47 Å². The maximum absolute atomic E-state index is 12.8. The van der Waals surface area contributed by atoms with Gasteiger partial charge in [-0.2, -0.15) is 13.2 Å². The van der Waals surface area contributed by atoms with Crippen molar-refractivity contribution in [1.29, 1.82) is 0 Å². The molecule has 0 saturated heterocycles. The van der Waals surface area contributed by atoms with Crippen molar-refractivity contribution in [3.63, 3.8) is 0 Å². The molecule has 0 heterocycles. The number of nitrogens with one attached hydrogen (secondary N) is 2. The third-order valence-electron chi connectivity index (χ3n) is 4.52. The lowest BCUT2D eigenvalue weighted by Gasteiger charge is -2.17. The van der Waals surface area contributed by atoms with Gasteiger partial charge in [0.1, 0.15) is 5.75 Å². The number of nitrogens with zero attached hydrogens (tertiary/aromatic N) is 1. The highest BCUT2D eigenvalue weighted by Gasteiger charge is 2.30. The monoisotopic (exact) mass is 481 g/mol. The van der Waals surface area contributed by atoms with Crippen LogP contribution in [0.2, 0.25) is 0 Å². The lowest BCUT2D eigenvalue weighted by molar-refractivity contribution is -0.137. The fourth-order valence-electron chi connectivity index (χ4n) is 2.82. The Morgan fingerprint density at radius 3 is 2.38 bits per heavy atom. The number of benzene rings is 2. The molecule has 2 rings (SSSR count). The van der Waals surface area contributed by atoms with Crippen molar-refractivity contribution >= 4 is 23.4 Å². The van der Waals surface area contributed by atoms with Gasteiger partial charge in [0.2, 0.25) is 5.91 Å². The second-order valence-electron chi connectivity index (χ2n) is 7.30. The van der Waals surface area contributed by atoms with Crippen LogP contribution in [0.5, 0.6) is 5.75 Å². The SMILES string of the molecule is COCCCNC(=O)CN(C)C(=O)c1ccc(OCC(=O)Nc2cccc(C(F)(F)F)c2)cc1. The molecule has 0 atom stereocenters. The van der Waals surface area contributed by atoms with Crippen molar-refractivity contribution in [2.75, 3.05) is 45.8 Å². The molecule has 2 aromatic rings. The number of carbonyl (C=O) groups excluding carboxylic acids is 3. The highest BCUT2D eigenvalue weighted by molar-refractivity contribution is 5.96. The summed E-state index contributed by atoms with van der Waals surface area (Å²) in [6, 6.07) is 10.2. The van der Waals surface area contributed by atoms with Crippen LogP contribution >= 0.6 is 0 Å². The fraction of sp³-hybridized carbons (Fsp3) is 0.348. The van der Waals surface area contributed by atoms with E-state index < -0.39 is 24.3 Å². The number of hydrogen-bond acceptors (Lipinski definition) is 5. The van der Waals surface area contributed by atoms with Gasteiger partial charge in [-0.05, 0) is 48.9 Å².